The number of rotatable bonds is 0. The number of likely N-dealkylation sites (tertiary alicyclic amines) is 1. The van der Waals surface area contributed by atoms with Gasteiger partial charge in [0.05, 0.1) is 0 Å². The second-order valence-corrected chi connectivity index (χ2v) is 4.46. The number of nitrogens with zero attached hydrogens (tertiary/aromatic N) is 1. The summed E-state index contributed by atoms with van der Waals surface area (Å²) in [7, 11) is 1.68. The van der Waals surface area contributed by atoms with Crippen LogP contribution in [0, 0.1) is 18.8 Å². The maximum atomic E-state index is 11.7. The molecule has 1 fully saturated rings. The summed E-state index contributed by atoms with van der Waals surface area (Å²) in [6, 6.07) is 7.69. The highest BCUT2D eigenvalue weighted by Gasteiger charge is 2.42. The van der Waals surface area contributed by atoms with Gasteiger partial charge in [0.25, 0.3) is 5.91 Å². The molecule has 17 heavy (non-hydrogen) atoms. The lowest BCUT2D eigenvalue weighted by Gasteiger charge is -2.13. The van der Waals surface area contributed by atoms with Crippen LogP contribution in [-0.4, -0.2) is 35.1 Å². The Labute approximate surface area is 101 Å². The minimum absolute atomic E-state index is 0.308. The van der Waals surface area contributed by atoms with E-state index >= 15 is 0 Å². The van der Waals surface area contributed by atoms with Gasteiger partial charge in [-0.05, 0) is 24.6 Å². The predicted molar refractivity (Wildman–Crippen MR) is 65.3 cm³/mol. The van der Waals surface area contributed by atoms with E-state index in [4.69, 9.17) is 0 Å². The van der Waals surface area contributed by atoms with Crippen LogP contribution in [-0.2, 0) is 4.79 Å². The Balaban J connectivity index is 2.25. The van der Waals surface area contributed by atoms with Gasteiger partial charge in [-0.1, -0.05) is 24.0 Å². The largest absolute Gasteiger partial charge is 0.369 e. The first-order chi connectivity index (χ1) is 8.01. The first-order valence-electron chi connectivity index (χ1n) is 5.59. The van der Waals surface area contributed by atoms with E-state index in [2.05, 4.69) is 11.8 Å². The van der Waals surface area contributed by atoms with Gasteiger partial charge in [0, 0.05) is 25.6 Å². The normalized spacial score (nSPS) is 23.5. The number of carbonyl (C=O) groups excluding carboxylic acids is 1. The molecule has 0 aromatic heterocycles. The molecule has 0 saturated carbocycles. The van der Waals surface area contributed by atoms with Crippen LogP contribution in [0.3, 0.4) is 0 Å². The molecule has 1 unspecified atom stereocenters. The van der Waals surface area contributed by atoms with Gasteiger partial charge in [-0.3, -0.25) is 4.79 Å². The second-order valence-electron chi connectivity index (χ2n) is 4.46. The molecule has 1 heterocycles. The fourth-order valence-corrected chi connectivity index (χ4v) is 1.87. The summed E-state index contributed by atoms with van der Waals surface area (Å²) < 4.78 is 0. The highest BCUT2D eigenvalue weighted by Crippen LogP contribution is 2.20. The molecule has 3 nitrogen and oxygen atoms in total. The average Bonchev–Trinajstić information content (AvgIpc) is 2.56. The van der Waals surface area contributed by atoms with E-state index in [0.717, 1.165) is 11.1 Å². The van der Waals surface area contributed by atoms with Gasteiger partial charge in [0.15, 0.2) is 0 Å². The molecular weight excluding hydrogens is 214 g/mol. The number of likely N-dealkylation sites (N-methyl/N-ethyl adjacent to an activating group) is 1. The number of hydrogen-bond acceptors (Lipinski definition) is 2. The molecule has 0 spiro atoms. The first-order valence-corrected chi connectivity index (χ1v) is 5.59. The molecular formula is C14H15NO2. The molecule has 0 aliphatic carbocycles. The Hall–Kier alpha value is -1.79. The molecule has 1 amide bonds. The van der Waals surface area contributed by atoms with Crippen LogP contribution in [0.1, 0.15) is 17.5 Å². The van der Waals surface area contributed by atoms with Crippen LogP contribution in [0.15, 0.2) is 24.3 Å². The van der Waals surface area contributed by atoms with Crippen LogP contribution in [0.4, 0.5) is 0 Å². The number of benzene rings is 1. The van der Waals surface area contributed by atoms with Crippen LogP contribution in [0.2, 0.25) is 0 Å². The predicted octanol–water partition coefficient (Wildman–Crippen LogP) is 0.940. The summed E-state index contributed by atoms with van der Waals surface area (Å²) in [5.74, 6) is 5.26. The molecule has 1 aromatic carbocycles. The van der Waals surface area contributed by atoms with E-state index in [1.54, 1.807) is 7.05 Å². The summed E-state index contributed by atoms with van der Waals surface area (Å²) in [5.41, 5.74) is 0.429. The SMILES string of the molecule is Cc1cccc(C#CC2(O)CCN(C)C2=O)c1. The lowest BCUT2D eigenvalue weighted by Crippen LogP contribution is -2.37. The van der Waals surface area contributed by atoms with E-state index in [0.29, 0.717) is 13.0 Å². The van der Waals surface area contributed by atoms with Gasteiger partial charge in [-0.2, -0.15) is 0 Å². The zero-order chi connectivity index (χ0) is 12.5. The van der Waals surface area contributed by atoms with Crippen LogP contribution in [0.5, 0.6) is 0 Å². The van der Waals surface area contributed by atoms with E-state index in [1.807, 2.05) is 31.2 Å². The van der Waals surface area contributed by atoms with Crippen molar-refractivity contribution >= 4 is 5.91 Å². The first kappa shape index (κ1) is 11.7. The van der Waals surface area contributed by atoms with E-state index in [9.17, 15) is 9.90 Å². The zero-order valence-electron chi connectivity index (χ0n) is 10.0. The van der Waals surface area contributed by atoms with Crippen molar-refractivity contribution < 1.29 is 9.90 Å². The van der Waals surface area contributed by atoms with Gasteiger partial charge >= 0.3 is 0 Å². The lowest BCUT2D eigenvalue weighted by molar-refractivity contribution is -0.137. The van der Waals surface area contributed by atoms with Gasteiger partial charge in [-0.25, -0.2) is 0 Å². The summed E-state index contributed by atoms with van der Waals surface area (Å²) >= 11 is 0. The fourth-order valence-electron chi connectivity index (χ4n) is 1.87. The Kier molecular flexibility index (Phi) is 2.91. The number of amides is 1. The Morgan fingerprint density at radius 2 is 2.24 bits per heavy atom. The zero-order valence-corrected chi connectivity index (χ0v) is 10.0. The maximum absolute atomic E-state index is 11.7. The van der Waals surface area contributed by atoms with Crippen molar-refractivity contribution in [3.8, 4) is 11.8 Å². The topological polar surface area (TPSA) is 40.5 Å². The fraction of sp³-hybridized carbons (Fsp3) is 0.357. The van der Waals surface area contributed by atoms with Crippen LogP contribution < -0.4 is 0 Å². The molecule has 1 saturated heterocycles. The van der Waals surface area contributed by atoms with Crippen molar-refractivity contribution in [1.82, 2.24) is 4.90 Å². The molecule has 2 rings (SSSR count). The summed E-state index contributed by atoms with van der Waals surface area (Å²) in [6.07, 6.45) is 0.376. The summed E-state index contributed by atoms with van der Waals surface area (Å²) in [4.78, 5) is 13.2. The Bertz CT molecular complexity index is 512. The molecule has 0 radical (unpaired) electrons. The Morgan fingerprint density at radius 3 is 2.82 bits per heavy atom. The maximum Gasteiger partial charge on any atom is 0.267 e. The molecule has 1 atom stereocenters. The number of hydrogen-bond donors (Lipinski definition) is 1. The third-order valence-electron chi connectivity index (χ3n) is 2.94. The van der Waals surface area contributed by atoms with Gasteiger partial charge < -0.3 is 10.0 Å². The van der Waals surface area contributed by atoms with E-state index in [1.165, 1.54) is 4.90 Å². The number of aryl methyl sites for hydroxylation is 1. The number of aliphatic hydroxyl groups is 1. The monoisotopic (exact) mass is 229 g/mol. The smallest absolute Gasteiger partial charge is 0.267 e. The van der Waals surface area contributed by atoms with Crippen molar-refractivity contribution in [1.29, 1.82) is 0 Å². The molecule has 1 aliphatic heterocycles. The average molecular weight is 229 g/mol. The second kappa shape index (κ2) is 4.23. The van der Waals surface area contributed by atoms with Gasteiger partial charge in [0.2, 0.25) is 5.60 Å². The molecule has 1 aliphatic rings. The number of carbonyl (C=O) groups is 1. The van der Waals surface area contributed by atoms with Gasteiger partial charge in [0.1, 0.15) is 0 Å². The van der Waals surface area contributed by atoms with Crippen molar-refractivity contribution in [2.24, 2.45) is 0 Å². The molecule has 0 bridgehead atoms. The Morgan fingerprint density at radius 1 is 1.47 bits per heavy atom. The third kappa shape index (κ3) is 2.32. The van der Waals surface area contributed by atoms with E-state index < -0.39 is 5.60 Å². The van der Waals surface area contributed by atoms with Crippen molar-refractivity contribution in [2.75, 3.05) is 13.6 Å². The molecule has 88 valence electrons. The van der Waals surface area contributed by atoms with E-state index in [-0.39, 0.29) is 5.91 Å². The summed E-state index contributed by atoms with van der Waals surface area (Å²) in [6.45, 7) is 2.53. The van der Waals surface area contributed by atoms with Crippen LogP contribution in [0.25, 0.3) is 0 Å². The van der Waals surface area contributed by atoms with Gasteiger partial charge in [-0.15, -0.1) is 0 Å². The quantitative estimate of drug-likeness (QED) is 0.673. The standard InChI is InChI=1S/C14H15NO2/c1-11-4-3-5-12(10-11)6-7-14(17)8-9-15(2)13(14)16/h3-5,10,17H,8-9H2,1-2H3. The van der Waals surface area contributed by atoms with Crippen LogP contribution >= 0.6 is 0 Å². The minimum Gasteiger partial charge on any atom is -0.369 e. The molecule has 3 heteroatoms. The highest BCUT2D eigenvalue weighted by molar-refractivity contribution is 5.90. The third-order valence-corrected chi connectivity index (χ3v) is 2.94. The summed E-state index contributed by atoms with van der Waals surface area (Å²) in [5, 5.41) is 10.1. The van der Waals surface area contributed by atoms with Crippen molar-refractivity contribution in [3.05, 3.63) is 35.4 Å². The van der Waals surface area contributed by atoms with Crippen molar-refractivity contribution in [3.63, 3.8) is 0 Å². The lowest BCUT2D eigenvalue weighted by atomic mass is 10.0. The highest BCUT2D eigenvalue weighted by atomic mass is 16.3. The minimum atomic E-state index is -1.50. The molecule has 1 aromatic rings. The molecule has 1 N–H and O–H groups in total. The van der Waals surface area contributed by atoms with Crippen molar-refractivity contribution in [2.45, 2.75) is 18.9 Å².